The first-order valence-electron chi connectivity index (χ1n) is 14.2. The molecule has 0 saturated heterocycles. The molecule has 0 amide bonds. The first-order chi connectivity index (χ1) is 19.1. The van der Waals surface area contributed by atoms with Gasteiger partial charge in [0.05, 0.1) is 0 Å². The average molecular weight is 639 g/mol. The maximum absolute atomic E-state index is 13.5. The van der Waals surface area contributed by atoms with Crippen molar-refractivity contribution in [2.45, 2.75) is 71.1 Å². The van der Waals surface area contributed by atoms with E-state index in [4.69, 9.17) is 17.3 Å². The van der Waals surface area contributed by atoms with Crippen molar-refractivity contribution < 1.29 is 22.1 Å². The number of carbonyl (C=O) groups is 1. The zero-order valence-corrected chi connectivity index (χ0v) is 26.9. The molecule has 0 N–H and O–H groups in total. The second kappa shape index (κ2) is 16.4. The number of hydrogen-bond acceptors (Lipinski definition) is 5. The Balaban J connectivity index is 1.87. The number of benzene rings is 3. The standard InChI is InChI=1S/C12H24O2.3C7H7O.Sn/c1-2-3-4-5-6-7-8-9-10-11-12(13)14;3*1-8-7-5-3-2-4-6-7;/h2-11H2,1H3,(H,13,14);3*3-6H,1H3;/q;;;;+1/p-1. The van der Waals surface area contributed by atoms with Crippen molar-refractivity contribution in [3.63, 3.8) is 0 Å². The Kier molecular flexibility index (Phi) is 13.0. The molecule has 5 nitrogen and oxygen atoms in total. The van der Waals surface area contributed by atoms with Crippen molar-refractivity contribution in [2.24, 2.45) is 0 Å². The summed E-state index contributed by atoms with van der Waals surface area (Å²) in [6.45, 7) is 2.25. The summed E-state index contributed by atoms with van der Waals surface area (Å²) < 4.78 is 26.2. The van der Waals surface area contributed by atoms with Crippen LogP contribution in [0.2, 0.25) is 0 Å². The van der Waals surface area contributed by atoms with Crippen LogP contribution in [0.1, 0.15) is 71.1 Å². The monoisotopic (exact) mass is 640 g/mol. The van der Waals surface area contributed by atoms with Gasteiger partial charge in [-0.05, 0) is 0 Å². The molecule has 0 spiro atoms. The van der Waals surface area contributed by atoms with E-state index in [2.05, 4.69) is 43.3 Å². The number of methoxy groups -OCH3 is 3. The molecule has 0 saturated carbocycles. The van der Waals surface area contributed by atoms with Crippen molar-refractivity contribution >= 4 is 35.5 Å². The van der Waals surface area contributed by atoms with Gasteiger partial charge in [-0.1, -0.05) is 6.92 Å². The van der Waals surface area contributed by atoms with Crippen molar-refractivity contribution in [3.05, 3.63) is 72.8 Å². The van der Waals surface area contributed by atoms with E-state index in [1.807, 2.05) is 36.4 Å². The fraction of sp³-hybridized carbons (Fsp3) is 0.424. The van der Waals surface area contributed by atoms with Crippen LogP contribution in [0, 0.1) is 0 Å². The molecule has 0 radical (unpaired) electrons. The van der Waals surface area contributed by atoms with E-state index in [0.717, 1.165) is 40.8 Å². The maximum atomic E-state index is 13.5. The van der Waals surface area contributed by atoms with Gasteiger partial charge in [-0.3, -0.25) is 0 Å². The van der Waals surface area contributed by atoms with Crippen LogP contribution in [0.5, 0.6) is 17.2 Å². The summed E-state index contributed by atoms with van der Waals surface area (Å²) in [4.78, 5) is 13.5. The zero-order valence-electron chi connectivity index (χ0n) is 24.0. The Morgan fingerprint density at radius 3 is 1.21 bits per heavy atom. The summed E-state index contributed by atoms with van der Waals surface area (Å²) in [7, 11) is 4.97. The molecule has 3 aromatic carbocycles. The molecule has 0 fully saturated rings. The van der Waals surface area contributed by atoms with Gasteiger partial charge in [-0.2, -0.15) is 0 Å². The summed E-state index contributed by atoms with van der Waals surface area (Å²) in [6.07, 6.45) is 11.3. The molecular formula is C33H44O5Sn. The summed E-state index contributed by atoms with van der Waals surface area (Å²) in [6, 6.07) is 24.0. The van der Waals surface area contributed by atoms with Crippen LogP contribution in [0.4, 0.5) is 0 Å². The summed E-state index contributed by atoms with van der Waals surface area (Å²) in [5.74, 6) is 2.18. The molecule has 0 aliphatic heterocycles. The minimum atomic E-state index is -4.26. The Labute approximate surface area is 239 Å². The zero-order chi connectivity index (χ0) is 27.9. The van der Waals surface area contributed by atoms with Gasteiger partial charge in [-0.15, -0.1) is 0 Å². The van der Waals surface area contributed by atoms with E-state index in [1.165, 1.54) is 44.9 Å². The van der Waals surface area contributed by atoms with Gasteiger partial charge in [0, 0.05) is 0 Å². The first-order valence-corrected chi connectivity index (χ1v) is 19.7. The predicted octanol–water partition coefficient (Wildman–Crippen LogP) is 6.14. The quantitative estimate of drug-likeness (QED) is 0.131. The van der Waals surface area contributed by atoms with Gasteiger partial charge in [0.2, 0.25) is 0 Å². The normalized spacial score (nSPS) is 11.2. The third-order valence-corrected chi connectivity index (χ3v) is 18.6. The molecule has 39 heavy (non-hydrogen) atoms. The van der Waals surface area contributed by atoms with E-state index in [1.54, 1.807) is 21.3 Å². The van der Waals surface area contributed by atoms with Crippen molar-refractivity contribution in [1.29, 1.82) is 0 Å². The molecule has 0 atom stereocenters. The number of ether oxygens (including phenoxy) is 3. The second-order valence-electron chi connectivity index (χ2n) is 9.92. The van der Waals surface area contributed by atoms with Crippen LogP contribution in [0.25, 0.3) is 0 Å². The van der Waals surface area contributed by atoms with Gasteiger partial charge < -0.3 is 0 Å². The van der Waals surface area contributed by atoms with Gasteiger partial charge in [0.25, 0.3) is 0 Å². The van der Waals surface area contributed by atoms with Gasteiger partial charge in [-0.25, -0.2) is 0 Å². The Bertz CT molecular complexity index is 995. The molecule has 210 valence electrons. The second-order valence-corrected chi connectivity index (χ2v) is 19.3. The Morgan fingerprint density at radius 2 is 0.872 bits per heavy atom. The fourth-order valence-corrected chi connectivity index (χ4v) is 15.5. The molecule has 0 aliphatic carbocycles. The SMILES string of the molecule is CCCCCCCCCCCC(=O)[O][Sn]([c]1ccc(OC)cc1)([c]1ccc(OC)cc1)[c]1ccc(OC)cc1. The van der Waals surface area contributed by atoms with Crippen LogP contribution in [0.15, 0.2) is 72.8 Å². The summed E-state index contributed by atoms with van der Waals surface area (Å²) in [5.41, 5.74) is 0. The number of carbonyl (C=O) groups excluding carboxylic acids is 1. The number of unbranched alkanes of at least 4 members (excludes halogenated alkanes) is 8. The third kappa shape index (κ3) is 8.66. The van der Waals surface area contributed by atoms with E-state index >= 15 is 0 Å². The van der Waals surface area contributed by atoms with Crippen LogP contribution < -0.4 is 24.9 Å². The molecule has 0 unspecified atom stereocenters. The van der Waals surface area contributed by atoms with Crippen molar-refractivity contribution in [2.75, 3.05) is 21.3 Å². The fourth-order valence-electron chi connectivity index (χ4n) is 4.96. The van der Waals surface area contributed by atoms with Crippen molar-refractivity contribution in [1.82, 2.24) is 0 Å². The average Bonchev–Trinajstić information content (AvgIpc) is 2.99. The molecule has 3 rings (SSSR count). The molecule has 0 heterocycles. The van der Waals surface area contributed by atoms with Gasteiger partial charge >= 0.3 is 233 Å². The van der Waals surface area contributed by atoms with E-state index in [-0.39, 0.29) is 5.97 Å². The molecular weight excluding hydrogens is 595 g/mol. The molecule has 0 aromatic heterocycles. The van der Waals surface area contributed by atoms with Crippen LogP contribution in [-0.4, -0.2) is 46.1 Å². The minimum absolute atomic E-state index is 0.129. The van der Waals surface area contributed by atoms with E-state index in [9.17, 15) is 4.79 Å². The Morgan fingerprint density at radius 1 is 0.538 bits per heavy atom. The summed E-state index contributed by atoms with van der Waals surface area (Å²) >= 11 is -4.26. The number of rotatable bonds is 17. The van der Waals surface area contributed by atoms with Crippen LogP contribution in [0.3, 0.4) is 0 Å². The topological polar surface area (TPSA) is 54.0 Å². The van der Waals surface area contributed by atoms with Gasteiger partial charge in [0.15, 0.2) is 0 Å². The van der Waals surface area contributed by atoms with Gasteiger partial charge in [0.1, 0.15) is 0 Å². The first kappa shape index (κ1) is 30.9. The molecule has 0 bridgehead atoms. The molecule has 3 aromatic rings. The van der Waals surface area contributed by atoms with E-state index < -0.39 is 18.8 Å². The third-order valence-electron chi connectivity index (χ3n) is 7.24. The summed E-state index contributed by atoms with van der Waals surface area (Å²) in [5, 5.41) is 0. The molecule has 0 aliphatic rings. The van der Waals surface area contributed by atoms with Crippen LogP contribution in [-0.2, 0) is 7.87 Å². The number of hydrogen-bond donors (Lipinski definition) is 0. The van der Waals surface area contributed by atoms with E-state index in [0.29, 0.717) is 6.42 Å². The van der Waals surface area contributed by atoms with Crippen LogP contribution >= 0.6 is 0 Å². The predicted molar refractivity (Wildman–Crippen MR) is 162 cm³/mol. The molecule has 6 heteroatoms. The van der Waals surface area contributed by atoms with Crippen molar-refractivity contribution in [3.8, 4) is 17.2 Å². The Hall–Kier alpha value is -2.67.